The zero-order valence-electron chi connectivity index (χ0n) is 17.5. The first-order valence-electron chi connectivity index (χ1n) is 9.73. The number of benzene rings is 2. The molecule has 0 bridgehead atoms. The third-order valence-corrected chi connectivity index (χ3v) is 5.65. The quantitative estimate of drug-likeness (QED) is 0.472. The topological polar surface area (TPSA) is 45.7 Å². The minimum atomic E-state index is -0.0743. The molecule has 0 radical (unpaired) electrons. The lowest BCUT2D eigenvalue weighted by molar-refractivity contribution is 0.0774. The molecule has 0 saturated carbocycles. The third-order valence-electron chi connectivity index (χ3n) is 4.59. The number of rotatable bonds is 9. The normalized spacial score (nSPS) is 11.0. The van der Waals surface area contributed by atoms with E-state index in [9.17, 15) is 4.79 Å². The van der Waals surface area contributed by atoms with Gasteiger partial charge >= 0.3 is 0 Å². The highest BCUT2D eigenvalue weighted by atomic mass is 35.5. The van der Waals surface area contributed by atoms with Gasteiger partial charge in [-0.05, 0) is 49.9 Å². The van der Waals surface area contributed by atoms with Crippen LogP contribution in [0.5, 0.6) is 5.75 Å². The zero-order valence-corrected chi connectivity index (χ0v) is 19.0. The summed E-state index contributed by atoms with van der Waals surface area (Å²) in [7, 11) is 3.85. The molecule has 3 rings (SSSR count). The number of nitrogens with zero attached hydrogens (tertiary/aromatic N) is 3. The first kappa shape index (κ1) is 22.3. The number of hydrogen-bond donors (Lipinski definition) is 0. The Bertz CT molecular complexity index is 975. The third kappa shape index (κ3) is 6.55. The van der Waals surface area contributed by atoms with Crippen molar-refractivity contribution < 1.29 is 9.53 Å². The van der Waals surface area contributed by atoms with E-state index in [1.807, 2.05) is 19.1 Å². The van der Waals surface area contributed by atoms with Gasteiger partial charge in [0.1, 0.15) is 12.4 Å². The molecule has 0 saturated heterocycles. The van der Waals surface area contributed by atoms with Gasteiger partial charge in [0, 0.05) is 36.1 Å². The summed E-state index contributed by atoms with van der Waals surface area (Å²) in [4.78, 5) is 20.8. The largest absolute Gasteiger partial charge is 0.492 e. The van der Waals surface area contributed by atoms with Crippen LogP contribution in [0.15, 0.2) is 53.9 Å². The second-order valence-corrected chi connectivity index (χ2v) is 8.76. The highest BCUT2D eigenvalue weighted by Crippen LogP contribution is 2.16. The molecule has 0 unspecified atom stereocenters. The van der Waals surface area contributed by atoms with Crippen LogP contribution in [0.2, 0.25) is 5.02 Å². The summed E-state index contributed by atoms with van der Waals surface area (Å²) in [6.45, 7) is 4.61. The van der Waals surface area contributed by atoms with Crippen molar-refractivity contribution in [2.24, 2.45) is 0 Å². The Kier molecular flexibility index (Phi) is 7.85. The van der Waals surface area contributed by atoms with Gasteiger partial charge in [-0.3, -0.25) is 9.69 Å². The lowest BCUT2D eigenvalue weighted by atomic mass is 10.2. The Balaban J connectivity index is 1.43. The van der Waals surface area contributed by atoms with Crippen LogP contribution in [0.25, 0.3) is 0 Å². The Hall–Kier alpha value is -2.41. The fraction of sp³-hybridized carbons (Fsp3) is 0.304. The summed E-state index contributed by atoms with van der Waals surface area (Å²) < 4.78 is 5.80. The van der Waals surface area contributed by atoms with E-state index in [4.69, 9.17) is 16.3 Å². The van der Waals surface area contributed by atoms with Gasteiger partial charge in [0.2, 0.25) is 0 Å². The van der Waals surface area contributed by atoms with Gasteiger partial charge in [-0.15, -0.1) is 11.3 Å². The summed E-state index contributed by atoms with van der Waals surface area (Å²) in [6.07, 6.45) is 0. The van der Waals surface area contributed by atoms with Crippen molar-refractivity contribution >= 4 is 28.8 Å². The SMILES string of the molecule is Cc1nc(CN(C)Cc2ccc(OCCN(C)C(=O)c3cccc(Cl)c3)cc2)cs1. The summed E-state index contributed by atoms with van der Waals surface area (Å²) in [5.74, 6) is 0.718. The molecule has 0 spiro atoms. The number of ether oxygens (including phenoxy) is 1. The van der Waals surface area contributed by atoms with Crippen LogP contribution >= 0.6 is 22.9 Å². The van der Waals surface area contributed by atoms with Crippen molar-refractivity contribution in [3.05, 3.63) is 80.8 Å². The van der Waals surface area contributed by atoms with Gasteiger partial charge in [-0.2, -0.15) is 0 Å². The van der Waals surface area contributed by atoms with E-state index in [0.29, 0.717) is 23.7 Å². The molecular formula is C23H26ClN3O2S. The van der Waals surface area contributed by atoms with E-state index in [1.54, 1.807) is 47.5 Å². The molecule has 0 N–H and O–H groups in total. The van der Waals surface area contributed by atoms with E-state index in [2.05, 4.69) is 34.4 Å². The van der Waals surface area contributed by atoms with Gasteiger partial charge in [0.25, 0.3) is 5.91 Å². The maximum atomic E-state index is 12.4. The van der Waals surface area contributed by atoms with Gasteiger partial charge in [0.15, 0.2) is 0 Å². The fourth-order valence-electron chi connectivity index (χ4n) is 3.06. The molecule has 0 aliphatic heterocycles. The van der Waals surface area contributed by atoms with Gasteiger partial charge in [0.05, 0.1) is 17.2 Å². The number of aromatic nitrogens is 1. The minimum Gasteiger partial charge on any atom is -0.492 e. The molecule has 2 aromatic carbocycles. The maximum absolute atomic E-state index is 12.4. The van der Waals surface area contributed by atoms with Crippen LogP contribution in [-0.2, 0) is 13.1 Å². The number of thiazole rings is 1. The van der Waals surface area contributed by atoms with Gasteiger partial charge in [-0.1, -0.05) is 29.8 Å². The maximum Gasteiger partial charge on any atom is 0.253 e. The molecule has 158 valence electrons. The van der Waals surface area contributed by atoms with Gasteiger partial charge < -0.3 is 9.64 Å². The molecule has 1 amide bonds. The summed E-state index contributed by atoms with van der Waals surface area (Å²) in [5, 5.41) is 3.76. The average molecular weight is 444 g/mol. The van der Waals surface area contributed by atoms with Crippen LogP contribution < -0.4 is 4.74 Å². The van der Waals surface area contributed by atoms with Crippen LogP contribution in [0, 0.1) is 6.92 Å². The molecule has 0 fully saturated rings. The Morgan fingerprint density at radius 3 is 2.57 bits per heavy atom. The standard InChI is InChI=1S/C23H26ClN3O2S/c1-17-25-21(16-30-17)15-26(2)14-18-7-9-22(10-8-18)29-12-11-27(3)23(28)19-5-4-6-20(24)13-19/h4-10,13,16H,11-12,14-15H2,1-3H3. The minimum absolute atomic E-state index is 0.0743. The number of aryl methyl sites for hydroxylation is 1. The Morgan fingerprint density at radius 1 is 1.13 bits per heavy atom. The number of amides is 1. The summed E-state index contributed by atoms with van der Waals surface area (Å²) in [5.41, 5.74) is 2.90. The van der Waals surface area contributed by atoms with E-state index in [-0.39, 0.29) is 5.91 Å². The van der Waals surface area contributed by atoms with E-state index in [0.717, 1.165) is 29.5 Å². The zero-order chi connectivity index (χ0) is 21.5. The molecule has 1 aromatic heterocycles. The highest BCUT2D eigenvalue weighted by Gasteiger charge is 2.12. The van der Waals surface area contributed by atoms with Crippen molar-refractivity contribution in [3.63, 3.8) is 0 Å². The van der Waals surface area contributed by atoms with Crippen LogP contribution in [0.4, 0.5) is 0 Å². The summed E-state index contributed by atoms with van der Waals surface area (Å²) in [6, 6.07) is 15.0. The smallest absolute Gasteiger partial charge is 0.253 e. The lowest BCUT2D eigenvalue weighted by Gasteiger charge is -2.18. The fourth-order valence-corrected chi connectivity index (χ4v) is 3.85. The van der Waals surface area contributed by atoms with E-state index < -0.39 is 0 Å². The first-order valence-corrected chi connectivity index (χ1v) is 11.0. The second-order valence-electron chi connectivity index (χ2n) is 7.26. The predicted molar refractivity (Wildman–Crippen MR) is 122 cm³/mol. The molecule has 5 nitrogen and oxygen atoms in total. The number of carbonyl (C=O) groups excluding carboxylic acids is 1. The van der Waals surface area contributed by atoms with Crippen molar-refractivity contribution in [1.82, 2.24) is 14.8 Å². The average Bonchev–Trinajstić information content (AvgIpc) is 3.13. The number of hydrogen-bond acceptors (Lipinski definition) is 5. The van der Waals surface area contributed by atoms with Crippen LogP contribution in [0.1, 0.15) is 26.6 Å². The molecule has 1 heterocycles. The van der Waals surface area contributed by atoms with Crippen molar-refractivity contribution in [2.75, 3.05) is 27.2 Å². The predicted octanol–water partition coefficient (Wildman–Crippen LogP) is 4.89. The first-order chi connectivity index (χ1) is 14.4. The molecule has 0 atom stereocenters. The molecule has 7 heteroatoms. The van der Waals surface area contributed by atoms with Crippen molar-refractivity contribution in [3.8, 4) is 5.75 Å². The van der Waals surface area contributed by atoms with Crippen LogP contribution in [-0.4, -0.2) is 47.9 Å². The lowest BCUT2D eigenvalue weighted by Crippen LogP contribution is -2.30. The summed E-state index contributed by atoms with van der Waals surface area (Å²) >= 11 is 7.64. The Labute approximate surface area is 186 Å². The van der Waals surface area contributed by atoms with Crippen molar-refractivity contribution in [2.45, 2.75) is 20.0 Å². The molecule has 3 aromatic rings. The number of likely N-dealkylation sites (N-methyl/N-ethyl adjacent to an activating group) is 1. The monoisotopic (exact) mass is 443 g/mol. The number of carbonyl (C=O) groups is 1. The van der Waals surface area contributed by atoms with E-state index >= 15 is 0 Å². The molecule has 0 aliphatic carbocycles. The van der Waals surface area contributed by atoms with Gasteiger partial charge in [-0.25, -0.2) is 4.98 Å². The molecule has 30 heavy (non-hydrogen) atoms. The molecular weight excluding hydrogens is 418 g/mol. The second kappa shape index (κ2) is 10.6. The van der Waals surface area contributed by atoms with Crippen LogP contribution in [0.3, 0.4) is 0 Å². The highest BCUT2D eigenvalue weighted by molar-refractivity contribution is 7.09. The molecule has 0 aliphatic rings. The van der Waals surface area contributed by atoms with E-state index in [1.165, 1.54) is 5.56 Å². The van der Waals surface area contributed by atoms with Crippen molar-refractivity contribution in [1.29, 1.82) is 0 Å². The number of halogens is 1. The Morgan fingerprint density at radius 2 is 1.90 bits per heavy atom.